The molecular weight excluding hydrogens is 346 g/mol. The van der Waals surface area contributed by atoms with Gasteiger partial charge in [0.1, 0.15) is 12.4 Å². The lowest BCUT2D eigenvalue weighted by molar-refractivity contribution is 0.314. The van der Waals surface area contributed by atoms with Crippen LogP contribution in [0.1, 0.15) is 4.88 Å². The summed E-state index contributed by atoms with van der Waals surface area (Å²) in [5.41, 5.74) is 0. The molecule has 2 aromatic rings. The summed E-state index contributed by atoms with van der Waals surface area (Å²) in [6, 6.07) is 11.9. The van der Waals surface area contributed by atoms with Crippen LogP contribution in [0.15, 0.2) is 40.9 Å². The molecule has 0 bridgehead atoms. The Morgan fingerprint density at radius 3 is 2.58 bits per heavy atom. The molecule has 19 heavy (non-hydrogen) atoms. The van der Waals surface area contributed by atoms with Crippen LogP contribution in [0.25, 0.3) is 0 Å². The van der Waals surface area contributed by atoms with Crippen molar-refractivity contribution >= 4 is 38.9 Å². The van der Waals surface area contributed by atoms with Crippen molar-refractivity contribution in [1.82, 2.24) is 5.32 Å². The predicted octanol–water partition coefficient (Wildman–Crippen LogP) is 4.38. The van der Waals surface area contributed by atoms with Gasteiger partial charge in [0.2, 0.25) is 0 Å². The molecule has 2 nitrogen and oxygen atoms in total. The number of thiophene rings is 1. The van der Waals surface area contributed by atoms with Gasteiger partial charge in [-0.15, -0.1) is 11.3 Å². The minimum Gasteiger partial charge on any atom is -0.492 e. The third kappa shape index (κ3) is 5.53. The fraction of sp³-hybridized carbons (Fsp3) is 0.286. The highest BCUT2D eigenvalue weighted by atomic mass is 79.9. The van der Waals surface area contributed by atoms with Crippen LogP contribution in [0.5, 0.6) is 5.75 Å². The van der Waals surface area contributed by atoms with Crippen LogP contribution < -0.4 is 10.1 Å². The topological polar surface area (TPSA) is 21.3 Å². The van der Waals surface area contributed by atoms with Gasteiger partial charge in [-0.05, 0) is 42.8 Å². The van der Waals surface area contributed by atoms with Crippen molar-refractivity contribution < 1.29 is 4.74 Å². The first-order valence-corrected chi connectivity index (χ1v) is 8.06. The third-order valence-corrected chi connectivity index (χ3v) is 4.36. The van der Waals surface area contributed by atoms with Gasteiger partial charge in [0.25, 0.3) is 0 Å². The molecule has 1 aromatic heterocycles. The minimum atomic E-state index is 0.673. The van der Waals surface area contributed by atoms with E-state index in [0.717, 1.165) is 34.1 Å². The van der Waals surface area contributed by atoms with E-state index in [4.69, 9.17) is 16.3 Å². The Labute approximate surface area is 130 Å². The Kier molecular flexibility index (Phi) is 6.17. The Hall–Kier alpha value is -0.550. The summed E-state index contributed by atoms with van der Waals surface area (Å²) in [6.07, 6.45) is 1.01. The Balaban J connectivity index is 1.56. The number of ether oxygens (including phenoxy) is 1. The second-order valence-electron chi connectivity index (χ2n) is 4.01. The molecule has 0 saturated heterocycles. The van der Waals surface area contributed by atoms with Gasteiger partial charge in [-0.2, -0.15) is 0 Å². The van der Waals surface area contributed by atoms with Crippen LogP contribution >= 0.6 is 38.9 Å². The monoisotopic (exact) mass is 359 g/mol. The molecule has 5 heteroatoms. The SMILES string of the molecule is Clc1ccc(CCNCCOc2ccc(Br)cc2)s1. The minimum absolute atomic E-state index is 0.673. The van der Waals surface area contributed by atoms with Crippen molar-refractivity contribution in [2.75, 3.05) is 19.7 Å². The summed E-state index contributed by atoms with van der Waals surface area (Å²) >= 11 is 10.9. The molecule has 2 rings (SSSR count). The van der Waals surface area contributed by atoms with Gasteiger partial charge >= 0.3 is 0 Å². The molecule has 0 spiro atoms. The van der Waals surface area contributed by atoms with E-state index in [2.05, 4.69) is 27.3 Å². The highest BCUT2D eigenvalue weighted by Crippen LogP contribution is 2.21. The number of hydrogen-bond donors (Lipinski definition) is 1. The second kappa shape index (κ2) is 7.90. The van der Waals surface area contributed by atoms with E-state index in [-0.39, 0.29) is 0 Å². The van der Waals surface area contributed by atoms with Gasteiger partial charge in [0.15, 0.2) is 0 Å². The van der Waals surface area contributed by atoms with Crippen LogP contribution in [0.2, 0.25) is 4.34 Å². The number of benzene rings is 1. The lowest BCUT2D eigenvalue weighted by atomic mass is 10.3. The summed E-state index contributed by atoms with van der Waals surface area (Å²) in [4.78, 5) is 1.31. The fourth-order valence-electron chi connectivity index (χ4n) is 1.59. The molecule has 0 aliphatic rings. The zero-order valence-electron chi connectivity index (χ0n) is 10.4. The Bertz CT molecular complexity index is 500. The number of rotatable bonds is 7. The van der Waals surface area contributed by atoms with Crippen LogP contribution in [-0.2, 0) is 6.42 Å². The fourth-order valence-corrected chi connectivity index (χ4v) is 2.95. The molecule has 0 radical (unpaired) electrons. The molecular formula is C14H15BrClNOS. The lowest BCUT2D eigenvalue weighted by Gasteiger charge is -2.07. The van der Waals surface area contributed by atoms with E-state index in [9.17, 15) is 0 Å². The molecule has 0 saturated carbocycles. The quantitative estimate of drug-likeness (QED) is 0.740. The first-order chi connectivity index (χ1) is 9.24. The first-order valence-electron chi connectivity index (χ1n) is 6.07. The molecule has 0 aliphatic heterocycles. The largest absolute Gasteiger partial charge is 0.492 e. The Morgan fingerprint density at radius 1 is 1.11 bits per heavy atom. The maximum absolute atomic E-state index is 5.88. The second-order valence-corrected chi connectivity index (χ2v) is 6.72. The average molecular weight is 361 g/mol. The van der Waals surface area contributed by atoms with Gasteiger partial charge < -0.3 is 10.1 Å². The standard InChI is InChI=1S/C14H15BrClNOS/c15-11-1-3-12(4-2-11)18-10-9-17-8-7-13-5-6-14(16)19-13/h1-6,17H,7-10H2. The molecule has 102 valence electrons. The van der Waals surface area contributed by atoms with Crippen molar-refractivity contribution in [3.63, 3.8) is 0 Å². The number of halogens is 2. The van der Waals surface area contributed by atoms with E-state index < -0.39 is 0 Å². The van der Waals surface area contributed by atoms with Crippen LogP contribution in [0.4, 0.5) is 0 Å². The van der Waals surface area contributed by atoms with Gasteiger partial charge in [-0.25, -0.2) is 0 Å². The van der Waals surface area contributed by atoms with Crippen molar-refractivity contribution in [3.8, 4) is 5.75 Å². The molecule has 1 heterocycles. The van der Waals surface area contributed by atoms with Crippen molar-refractivity contribution in [2.45, 2.75) is 6.42 Å². The molecule has 0 unspecified atom stereocenters. The third-order valence-electron chi connectivity index (χ3n) is 2.54. The van der Waals surface area contributed by atoms with E-state index in [1.807, 2.05) is 30.3 Å². The van der Waals surface area contributed by atoms with E-state index >= 15 is 0 Å². The van der Waals surface area contributed by atoms with E-state index in [0.29, 0.717) is 6.61 Å². The highest BCUT2D eigenvalue weighted by Gasteiger charge is 1.98. The van der Waals surface area contributed by atoms with Crippen LogP contribution in [0, 0.1) is 0 Å². The summed E-state index contributed by atoms with van der Waals surface area (Å²) in [6.45, 7) is 2.46. The normalized spacial score (nSPS) is 10.6. The molecule has 0 amide bonds. The summed E-state index contributed by atoms with van der Waals surface area (Å²) < 4.78 is 7.53. The average Bonchev–Trinajstić information content (AvgIpc) is 2.81. The zero-order valence-corrected chi connectivity index (χ0v) is 13.5. The van der Waals surface area contributed by atoms with Gasteiger partial charge in [0, 0.05) is 22.4 Å². The molecule has 0 atom stereocenters. The van der Waals surface area contributed by atoms with Crippen molar-refractivity contribution in [2.24, 2.45) is 0 Å². The zero-order chi connectivity index (χ0) is 13.5. The molecule has 0 fully saturated rings. The van der Waals surface area contributed by atoms with Crippen molar-refractivity contribution in [1.29, 1.82) is 0 Å². The lowest BCUT2D eigenvalue weighted by Crippen LogP contribution is -2.23. The predicted molar refractivity (Wildman–Crippen MR) is 85.5 cm³/mol. The van der Waals surface area contributed by atoms with E-state index in [1.54, 1.807) is 11.3 Å². The van der Waals surface area contributed by atoms with Gasteiger partial charge in [0.05, 0.1) is 4.34 Å². The van der Waals surface area contributed by atoms with Crippen molar-refractivity contribution in [3.05, 3.63) is 50.1 Å². The molecule has 0 aliphatic carbocycles. The maximum Gasteiger partial charge on any atom is 0.119 e. The number of nitrogens with one attached hydrogen (secondary N) is 1. The summed E-state index contributed by atoms with van der Waals surface area (Å²) in [7, 11) is 0. The smallest absolute Gasteiger partial charge is 0.119 e. The molecule has 1 N–H and O–H groups in total. The summed E-state index contributed by atoms with van der Waals surface area (Å²) in [5.74, 6) is 0.898. The highest BCUT2D eigenvalue weighted by molar-refractivity contribution is 9.10. The first kappa shape index (κ1) is 14.9. The number of hydrogen-bond acceptors (Lipinski definition) is 3. The summed E-state index contributed by atoms with van der Waals surface area (Å²) in [5, 5.41) is 3.35. The Morgan fingerprint density at radius 2 is 1.89 bits per heavy atom. The van der Waals surface area contributed by atoms with Gasteiger partial charge in [-0.3, -0.25) is 0 Å². The van der Waals surface area contributed by atoms with Crippen LogP contribution in [0.3, 0.4) is 0 Å². The van der Waals surface area contributed by atoms with Gasteiger partial charge in [-0.1, -0.05) is 27.5 Å². The van der Waals surface area contributed by atoms with E-state index in [1.165, 1.54) is 4.88 Å². The van der Waals surface area contributed by atoms with Crippen LogP contribution in [-0.4, -0.2) is 19.7 Å². The maximum atomic E-state index is 5.88. The molecule has 1 aromatic carbocycles.